The molecule has 0 amide bonds. The van der Waals surface area contributed by atoms with E-state index in [1.54, 1.807) is 6.20 Å². The van der Waals surface area contributed by atoms with Crippen LogP contribution in [0.1, 0.15) is 25.3 Å². The van der Waals surface area contributed by atoms with Crippen molar-refractivity contribution in [1.29, 1.82) is 0 Å². The fourth-order valence-corrected chi connectivity index (χ4v) is 3.41. The van der Waals surface area contributed by atoms with Crippen molar-refractivity contribution in [3.8, 4) is 11.5 Å². The van der Waals surface area contributed by atoms with Crippen LogP contribution < -0.4 is 16.4 Å². The topological polar surface area (TPSA) is 120 Å². The van der Waals surface area contributed by atoms with Gasteiger partial charge in [0.1, 0.15) is 5.52 Å². The minimum atomic E-state index is 0. The van der Waals surface area contributed by atoms with Gasteiger partial charge in [-0.2, -0.15) is 0 Å². The van der Waals surface area contributed by atoms with E-state index in [0.717, 1.165) is 55.6 Å². The number of rotatable bonds is 5. The second-order valence-corrected chi connectivity index (χ2v) is 6.25. The summed E-state index contributed by atoms with van der Waals surface area (Å²) in [5.41, 5.74) is 9.32. The molecule has 13 heteroatoms. The van der Waals surface area contributed by atoms with Crippen molar-refractivity contribution >= 4 is 66.5 Å². The fourth-order valence-electron chi connectivity index (χ4n) is 3.41. The Bertz CT molecular complexity index is 881. The lowest BCUT2D eigenvalue weighted by Gasteiger charge is -2.24. The Labute approximate surface area is 193 Å². The minimum absolute atomic E-state index is 0. The molecule has 3 aromatic heterocycles. The molecule has 4 heterocycles. The standard InChI is InChI=1S/C16H22N8O.4ClH/c1-2-24-14-10(8-20-11-3-5-18-6-4-11)7-19-9-12(14)21-16(24)13-15(17)23-25-22-13;;;;/h7,9,11,18,20H,2-6,8H2,1H3,(H2,17,23);4*1H. The number of anilines is 1. The molecule has 4 rings (SSSR count). The maximum Gasteiger partial charge on any atom is 0.199 e. The third kappa shape index (κ3) is 5.62. The summed E-state index contributed by atoms with van der Waals surface area (Å²) in [5.74, 6) is 0.903. The number of pyridine rings is 1. The first kappa shape index (κ1) is 27.6. The van der Waals surface area contributed by atoms with Gasteiger partial charge in [-0.3, -0.25) is 4.98 Å². The van der Waals surface area contributed by atoms with E-state index in [4.69, 9.17) is 10.4 Å². The van der Waals surface area contributed by atoms with Gasteiger partial charge in [0.05, 0.1) is 11.7 Å². The average Bonchev–Trinajstić information content (AvgIpc) is 3.23. The molecule has 0 aromatic carbocycles. The molecular formula is C16H26Cl4N8O. The van der Waals surface area contributed by atoms with Gasteiger partial charge in [0.25, 0.3) is 0 Å². The van der Waals surface area contributed by atoms with Crippen LogP contribution >= 0.6 is 49.6 Å². The molecule has 0 bridgehead atoms. The monoisotopic (exact) mass is 486 g/mol. The van der Waals surface area contributed by atoms with E-state index < -0.39 is 0 Å². The van der Waals surface area contributed by atoms with E-state index in [1.165, 1.54) is 0 Å². The average molecular weight is 488 g/mol. The molecule has 1 fully saturated rings. The summed E-state index contributed by atoms with van der Waals surface area (Å²) in [6.07, 6.45) is 5.95. The molecule has 9 nitrogen and oxygen atoms in total. The summed E-state index contributed by atoms with van der Waals surface area (Å²) in [7, 11) is 0. The Morgan fingerprint density at radius 2 is 1.90 bits per heavy atom. The zero-order chi connectivity index (χ0) is 17.2. The molecule has 0 saturated carbocycles. The Morgan fingerprint density at radius 3 is 2.52 bits per heavy atom. The summed E-state index contributed by atoms with van der Waals surface area (Å²) in [6.45, 7) is 5.69. The molecule has 1 aliphatic heterocycles. The molecule has 1 saturated heterocycles. The van der Waals surface area contributed by atoms with Crippen LogP contribution in [-0.4, -0.2) is 44.0 Å². The summed E-state index contributed by atoms with van der Waals surface area (Å²) in [5, 5.41) is 14.6. The third-order valence-corrected chi connectivity index (χ3v) is 4.69. The van der Waals surface area contributed by atoms with Crippen LogP contribution in [0.4, 0.5) is 5.82 Å². The number of hydrogen-bond donors (Lipinski definition) is 3. The molecule has 4 N–H and O–H groups in total. The van der Waals surface area contributed by atoms with Gasteiger partial charge in [-0.1, -0.05) is 0 Å². The zero-order valence-electron chi connectivity index (χ0n) is 15.8. The summed E-state index contributed by atoms with van der Waals surface area (Å²) in [6, 6.07) is 0.532. The maximum atomic E-state index is 5.86. The van der Waals surface area contributed by atoms with Crippen LogP contribution in [-0.2, 0) is 13.1 Å². The number of halogens is 4. The normalized spacial score (nSPS) is 13.7. The summed E-state index contributed by atoms with van der Waals surface area (Å²) < 4.78 is 6.83. The maximum absolute atomic E-state index is 5.86. The van der Waals surface area contributed by atoms with Crippen LogP contribution in [0, 0.1) is 0 Å². The van der Waals surface area contributed by atoms with Crippen LogP contribution in [0.3, 0.4) is 0 Å². The van der Waals surface area contributed by atoms with E-state index >= 15 is 0 Å². The molecule has 0 radical (unpaired) electrons. The predicted molar refractivity (Wildman–Crippen MR) is 123 cm³/mol. The molecule has 29 heavy (non-hydrogen) atoms. The van der Waals surface area contributed by atoms with E-state index in [-0.39, 0.29) is 55.4 Å². The molecule has 164 valence electrons. The van der Waals surface area contributed by atoms with Crippen LogP contribution in [0.2, 0.25) is 0 Å². The Kier molecular flexibility index (Phi) is 11.8. The first-order valence-electron chi connectivity index (χ1n) is 8.63. The van der Waals surface area contributed by atoms with Gasteiger partial charge < -0.3 is 20.9 Å². The van der Waals surface area contributed by atoms with Crippen molar-refractivity contribution in [2.24, 2.45) is 0 Å². The highest BCUT2D eigenvalue weighted by atomic mass is 35.5. The number of nitrogens with zero attached hydrogens (tertiary/aromatic N) is 5. The first-order chi connectivity index (χ1) is 12.3. The number of nitrogens with one attached hydrogen (secondary N) is 2. The number of piperidine rings is 1. The van der Waals surface area contributed by atoms with Crippen molar-refractivity contribution in [3.63, 3.8) is 0 Å². The SMILES string of the molecule is CCn1c(-c2nonc2N)nc2cncc(CNC3CCNCC3)c21.Cl.Cl.Cl.Cl. The molecule has 0 spiro atoms. The van der Waals surface area contributed by atoms with Crippen molar-refractivity contribution in [2.75, 3.05) is 18.8 Å². The van der Waals surface area contributed by atoms with E-state index in [1.807, 2.05) is 6.20 Å². The fraction of sp³-hybridized carbons (Fsp3) is 0.500. The van der Waals surface area contributed by atoms with E-state index in [9.17, 15) is 0 Å². The minimum Gasteiger partial charge on any atom is -0.379 e. The van der Waals surface area contributed by atoms with Gasteiger partial charge >= 0.3 is 0 Å². The van der Waals surface area contributed by atoms with Gasteiger partial charge in [0, 0.05) is 30.9 Å². The molecular weight excluding hydrogens is 462 g/mol. The highest BCUT2D eigenvalue weighted by molar-refractivity contribution is 5.86. The van der Waals surface area contributed by atoms with Gasteiger partial charge in [-0.05, 0) is 43.2 Å². The van der Waals surface area contributed by atoms with Gasteiger partial charge in [0.2, 0.25) is 0 Å². The van der Waals surface area contributed by atoms with Crippen LogP contribution in [0.25, 0.3) is 22.6 Å². The molecule has 3 aromatic rings. The van der Waals surface area contributed by atoms with Crippen molar-refractivity contribution in [2.45, 2.75) is 38.9 Å². The predicted octanol–water partition coefficient (Wildman–Crippen LogP) is 2.61. The Morgan fingerprint density at radius 1 is 1.17 bits per heavy atom. The first-order valence-corrected chi connectivity index (χ1v) is 8.63. The number of nitrogen functional groups attached to an aromatic ring is 1. The van der Waals surface area contributed by atoms with E-state index in [2.05, 4.69) is 42.4 Å². The van der Waals surface area contributed by atoms with Gasteiger partial charge in [0.15, 0.2) is 17.3 Å². The summed E-state index contributed by atoms with van der Waals surface area (Å²) in [4.78, 5) is 9.01. The van der Waals surface area contributed by atoms with Crippen LogP contribution in [0.15, 0.2) is 17.0 Å². The number of hydrogen-bond acceptors (Lipinski definition) is 8. The van der Waals surface area contributed by atoms with Crippen LogP contribution in [0.5, 0.6) is 0 Å². The summed E-state index contributed by atoms with van der Waals surface area (Å²) >= 11 is 0. The molecule has 0 aliphatic carbocycles. The van der Waals surface area contributed by atoms with Crippen molar-refractivity contribution in [3.05, 3.63) is 18.0 Å². The zero-order valence-corrected chi connectivity index (χ0v) is 19.1. The molecule has 1 aliphatic rings. The third-order valence-electron chi connectivity index (χ3n) is 4.69. The number of aryl methyl sites for hydroxylation is 1. The smallest absolute Gasteiger partial charge is 0.199 e. The van der Waals surface area contributed by atoms with Gasteiger partial charge in [-0.25, -0.2) is 9.61 Å². The van der Waals surface area contributed by atoms with E-state index in [0.29, 0.717) is 17.6 Å². The molecule has 0 atom stereocenters. The second kappa shape index (κ2) is 12.4. The number of nitrogens with two attached hydrogens (primary N) is 1. The lowest BCUT2D eigenvalue weighted by Crippen LogP contribution is -2.39. The lowest BCUT2D eigenvalue weighted by atomic mass is 10.1. The quantitative estimate of drug-likeness (QED) is 0.502. The second-order valence-electron chi connectivity index (χ2n) is 6.25. The number of imidazole rings is 1. The Hall–Kier alpha value is -1.36. The Balaban J connectivity index is 0.00000196. The largest absolute Gasteiger partial charge is 0.379 e. The molecule has 0 unspecified atom stereocenters. The lowest BCUT2D eigenvalue weighted by molar-refractivity contribution is 0.310. The highest BCUT2D eigenvalue weighted by Crippen LogP contribution is 2.28. The van der Waals surface area contributed by atoms with Crippen molar-refractivity contribution < 1.29 is 4.63 Å². The number of aromatic nitrogens is 5. The number of fused-ring (bicyclic) bond motifs is 1. The van der Waals surface area contributed by atoms with Gasteiger partial charge in [-0.15, -0.1) is 49.6 Å². The van der Waals surface area contributed by atoms with Crippen molar-refractivity contribution in [1.82, 2.24) is 35.5 Å². The highest BCUT2D eigenvalue weighted by Gasteiger charge is 2.21.